The fourth-order valence-corrected chi connectivity index (χ4v) is 6.08. The molecule has 31 heavy (non-hydrogen) atoms. The zero-order chi connectivity index (χ0) is 21.0. The first-order valence-corrected chi connectivity index (χ1v) is 13.3. The normalized spacial score (nSPS) is 23.6. The van der Waals surface area contributed by atoms with Crippen LogP contribution in [0, 0.1) is 11.8 Å². The van der Waals surface area contributed by atoms with Crippen LogP contribution in [0.2, 0.25) is 0 Å². The molecule has 3 aliphatic heterocycles. The maximum Gasteiger partial charge on any atom is 0.0352 e. The van der Waals surface area contributed by atoms with Crippen LogP contribution in [0.3, 0.4) is 0 Å². The van der Waals surface area contributed by atoms with Gasteiger partial charge >= 0.3 is 0 Å². The van der Waals surface area contributed by atoms with Crippen molar-refractivity contribution in [2.24, 2.45) is 0 Å². The van der Waals surface area contributed by atoms with Crippen LogP contribution >= 0.6 is 11.8 Å². The molecule has 0 aromatic heterocycles. The summed E-state index contributed by atoms with van der Waals surface area (Å²) in [4.78, 5) is 6.63. The lowest BCUT2D eigenvalue weighted by Crippen LogP contribution is -2.34. The quantitative estimate of drug-likeness (QED) is 0.439. The van der Waals surface area contributed by atoms with E-state index in [0.29, 0.717) is 12.0 Å². The molecule has 3 heteroatoms. The highest BCUT2D eigenvalue weighted by Gasteiger charge is 2.36. The molecule has 0 saturated carbocycles. The molecule has 2 nitrogen and oxygen atoms in total. The molecule has 2 aromatic carbocycles. The van der Waals surface area contributed by atoms with Gasteiger partial charge in [0.2, 0.25) is 0 Å². The van der Waals surface area contributed by atoms with Gasteiger partial charge in [0, 0.05) is 41.9 Å². The van der Waals surface area contributed by atoms with Gasteiger partial charge in [0.1, 0.15) is 0 Å². The lowest BCUT2D eigenvalue weighted by atomic mass is 9.81. The number of hydrogen-bond donors (Lipinski definition) is 0. The zero-order valence-corrected chi connectivity index (χ0v) is 19.6. The van der Waals surface area contributed by atoms with Crippen LogP contribution < -0.4 is 0 Å². The highest BCUT2D eigenvalue weighted by Crippen LogP contribution is 2.44. The number of fused-ring (bicyclic) bond motifs is 3. The van der Waals surface area contributed by atoms with E-state index in [1.165, 1.54) is 78.9 Å². The third-order valence-electron chi connectivity index (χ3n) is 7.35. The molecule has 2 unspecified atom stereocenters. The molecule has 0 bridgehead atoms. The van der Waals surface area contributed by atoms with Gasteiger partial charge in [0.25, 0.3) is 0 Å². The Balaban J connectivity index is 1.36. The van der Waals surface area contributed by atoms with Crippen LogP contribution in [0.5, 0.6) is 0 Å². The van der Waals surface area contributed by atoms with Gasteiger partial charge in [-0.3, -0.25) is 4.90 Å². The monoisotopic (exact) mass is 430 g/mol. The molecule has 0 amide bonds. The molecule has 3 heterocycles. The molecule has 2 fully saturated rings. The van der Waals surface area contributed by atoms with E-state index in [2.05, 4.69) is 70.4 Å². The summed E-state index contributed by atoms with van der Waals surface area (Å²) in [6.45, 7) is 6.03. The number of thioether (sulfide) groups is 1. The predicted molar refractivity (Wildman–Crippen MR) is 132 cm³/mol. The Kier molecular flexibility index (Phi) is 6.69. The van der Waals surface area contributed by atoms with Gasteiger partial charge < -0.3 is 4.90 Å². The molecule has 0 radical (unpaired) electrons. The molecule has 0 N–H and O–H groups in total. The fourth-order valence-electron chi connectivity index (χ4n) is 5.67. The van der Waals surface area contributed by atoms with Crippen molar-refractivity contribution in [2.45, 2.75) is 55.4 Å². The minimum absolute atomic E-state index is 0.473. The molecule has 0 spiro atoms. The fraction of sp³-hybridized carbons (Fsp3) is 0.500. The average molecular weight is 431 g/mol. The van der Waals surface area contributed by atoms with Crippen molar-refractivity contribution in [1.82, 2.24) is 9.80 Å². The summed E-state index contributed by atoms with van der Waals surface area (Å²) in [6.07, 6.45) is 9.85. The van der Waals surface area contributed by atoms with Crippen molar-refractivity contribution < 1.29 is 0 Å². The topological polar surface area (TPSA) is 6.48 Å². The van der Waals surface area contributed by atoms with E-state index in [4.69, 9.17) is 0 Å². The number of rotatable bonds is 4. The molecule has 162 valence electrons. The number of piperidine rings is 1. The Morgan fingerprint density at radius 3 is 2.58 bits per heavy atom. The van der Waals surface area contributed by atoms with E-state index < -0.39 is 0 Å². The van der Waals surface area contributed by atoms with E-state index >= 15 is 0 Å². The summed E-state index contributed by atoms with van der Waals surface area (Å²) >= 11 is 1.82. The van der Waals surface area contributed by atoms with E-state index in [-0.39, 0.29) is 0 Å². The van der Waals surface area contributed by atoms with Gasteiger partial charge in [0.05, 0.1) is 0 Å². The van der Waals surface area contributed by atoms with E-state index in [1.54, 1.807) is 0 Å². The molecule has 5 rings (SSSR count). The molecule has 3 aliphatic rings. The molecule has 2 atom stereocenters. The minimum atomic E-state index is 0.473. The number of nitrogens with zero attached hydrogens (tertiary/aromatic N) is 2. The number of likely N-dealkylation sites (tertiary alicyclic amines) is 1. The lowest BCUT2D eigenvalue weighted by molar-refractivity contribution is 0.230. The van der Waals surface area contributed by atoms with Crippen LogP contribution in [0.25, 0.3) is 0 Å². The van der Waals surface area contributed by atoms with Gasteiger partial charge in [-0.15, -0.1) is 11.8 Å². The second-order valence-electron chi connectivity index (χ2n) is 9.28. The molecule has 2 saturated heterocycles. The Morgan fingerprint density at radius 1 is 0.935 bits per heavy atom. The number of hydrogen-bond acceptors (Lipinski definition) is 3. The third-order valence-corrected chi connectivity index (χ3v) is 8.10. The maximum absolute atomic E-state index is 3.49. The van der Waals surface area contributed by atoms with E-state index in [1.807, 2.05) is 11.8 Å². The van der Waals surface area contributed by atoms with Crippen LogP contribution in [-0.4, -0.2) is 48.8 Å². The Bertz CT molecular complexity index is 949. The predicted octanol–water partition coefficient (Wildman–Crippen LogP) is 5.92. The van der Waals surface area contributed by atoms with Gasteiger partial charge in [-0.2, -0.15) is 0 Å². The summed E-state index contributed by atoms with van der Waals surface area (Å²) in [5.74, 6) is 7.42. The van der Waals surface area contributed by atoms with Gasteiger partial charge in [-0.1, -0.05) is 36.5 Å². The van der Waals surface area contributed by atoms with E-state index in [0.717, 1.165) is 19.5 Å². The first-order valence-electron chi connectivity index (χ1n) is 12.0. The summed E-state index contributed by atoms with van der Waals surface area (Å²) in [5.41, 5.74) is 5.71. The van der Waals surface area contributed by atoms with Crippen LogP contribution in [-0.2, 0) is 0 Å². The maximum atomic E-state index is 3.49. The van der Waals surface area contributed by atoms with Gasteiger partial charge in [0.15, 0.2) is 0 Å². The molecule has 0 aliphatic carbocycles. The number of benzene rings is 2. The summed E-state index contributed by atoms with van der Waals surface area (Å²) in [7, 11) is 0. The highest BCUT2D eigenvalue weighted by atomic mass is 32.2. The molecular weight excluding hydrogens is 396 g/mol. The first kappa shape index (κ1) is 21.1. The largest absolute Gasteiger partial charge is 0.302 e. The third kappa shape index (κ3) is 4.72. The SMILES string of the molecule is CSc1ccc(C2CN3CCCC3c3cc(C#CCCN4CCCCC4)ccc32)cc1. The van der Waals surface area contributed by atoms with Crippen molar-refractivity contribution >= 4 is 11.8 Å². The lowest BCUT2D eigenvalue weighted by Gasteiger charge is -2.37. The van der Waals surface area contributed by atoms with Crippen molar-refractivity contribution in [3.63, 3.8) is 0 Å². The van der Waals surface area contributed by atoms with Crippen molar-refractivity contribution in [3.8, 4) is 11.8 Å². The van der Waals surface area contributed by atoms with Gasteiger partial charge in [-0.25, -0.2) is 0 Å². The zero-order valence-electron chi connectivity index (χ0n) is 18.8. The standard InChI is InChI=1S/C28H34N2S/c1-31-24-13-11-23(12-14-24)27-21-30-19-7-9-28(30)26-20-22(10-15-25(26)27)8-3-6-18-29-16-4-2-5-17-29/h10-15,20,27-28H,2,4-7,9,16-19,21H2,1H3. The van der Waals surface area contributed by atoms with Crippen molar-refractivity contribution in [2.75, 3.05) is 39.0 Å². The Labute approximate surface area is 192 Å². The minimum Gasteiger partial charge on any atom is -0.302 e. The van der Waals surface area contributed by atoms with Crippen LogP contribution in [0.4, 0.5) is 0 Å². The smallest absolute Gasteiger partial charge is 0.0352 e. The summed E-state index contributed by atoms with van der Waals surface area (Å²) < 4.78 is 0. The molecular formula is C28H34N2S. The Hall–Kier alpha value is -1.73. The summed E-state index contributed by atoms with van der Waals surface area (Å²) in [6, 6.07) is 16.9. The van der Waals surface area contributed by atoms with Crippen molar-refractivity contribution in [1.29, 1.82) is 0 Å². The average Bonchev–Trinajstić information content (AvgIpc) is 3.31. The van der Waals surface area contributed by atoms with Crippen LogP contribution in [0.1, 0.15) is 72.7 Å². The highest BCUT2D eigenvalue weighted by molar-refractivity contribution is 7.98. The van der Waals surface area contributed by atoms with E-state index in [9.17, 15) is 0 Å². The second-order valence-corrected chi connectivity index (χ2v) is 10.2. The second kappa shape index (κ2) is 9.82. The van der Waals surface area contributed by atoms with Crippen molar-refractivity contribution in [3.05, 3.63) is 64.7 Å². The molecule has 2 aromatic rings. The summed E-state index contributed by atoms with van der Waals surface area (Å²) in [5, 5.41) is 0. The Morgan fingerprint density at radius 2 is 1.77 bits per heavy atom. The van der Waals surface area contributed by atoms with Gasteiger partial charge in [-0.05, 0) is 92.5 Å². The first-order chi connectivity index (χ1) is 15.3. The van der Waals surface area contributed by atoms with Crippen LogP contribution in [0.15, 0.2) is 47.4 Å².